The average Bonchev–Trinajstić information content (AvgIpc) is 2.29. The zero-order valence-corrected chi connectivity index (χ0v) is 10.5. The zero-order chi connectivity index (χ0) is 12.3. The molecule has 1 fully saturated rings. The van der Waals surface area contributed by atoms with Gasteiger partial charge >= 0.3 is 0 Å². The number of hydrogen-bond acceptors (Lipinski definition) is 4. The first-order valence-electron chi connectivity index (χ1n) is 6.16. The molecule has 5 nitrogen and oxygen atoms in total. The predicted molar refractivity (Wildman–Crippen MR) is 68.5 cm³/mol. The van der Waals surface area contributed by atoms with Crippen LogP contribution in [0, 0.1) is 0 Å². The molecule has 0 bridgehead atoms. The van der Waals surface area contributed by atoms with Crippen molar-refractivity contribution in [2.75, 3.05) is 25.5 Å². The van der Waals surface area contributed by atoms with Crippen LogP contribution in [0.25, 0.3) is 0 Å². The van der Waals surface area contributed by atoms with E-state index in [2.05, 4.69) is 15.3 Å². The monoisotopic (exact) mass is 236 g/mol. The highest BCUT2D eigenvalue weighted by Gasteiger charge is 2.14. The Hall–Kier alpha value is -1.36. The van der Waals surface area contributed by atoms with Crippen molar-refractivity contribution in [1.29, 1.82) is 0 Å². The van der Waals surface area contributed by atoms with Crippen molar-refractivity contribution in [3.8, 4) is 0 Å². The summed E-state index contributed by atoms with van der Waals surface area (Å²) in [6, 6.07) is 1.97. The van der Waals surface area contributed by atoms with Crippen LogP contribution in [-0.2, 0) is 6.42 Å². The van der Waals surface area contributed by atoms with E-state index in [9.17, 15) is 4.79 Å². The molecule has 0 radical (unpaired) electrons. The van der Waals surface area contributed by atoms with Crippen LogP contribution in [0.1, 0.15) is 25.1 Å². The lowest BCUT2D eigenvalue weighted by atomic mass is 10.0. The van der Waals surface area contributed by atoms with Gasteiger partial charge in [-0.15, -0.1) is 0 Å². The van der Waals surface area contributed by atoms with Gasteiger partial charge in [0.25, 0.3) is 5.56 Å². The summed E-state index contributed by atoms with van der Waals surface area (Å²) in [5.41, 5.74) is -0.0745. The number of anilines is 1. The number of rotatable bonds is 3. The van der Waals surface area contributed by atoms with Crippen LogP contribution in [-0.4, -0.2) is 36.6 Å². The number of nitrogens with one attached hydrogen (secondary N) is 2. The molecule has 94 valence electrons. The minimum absolute atomic E-state index is 0.0745. The molecule has 1 aromatic rings. The van der Waals surface area contributed by atoms with E-state index in [1.54, 1.807) is 0 Å². The van der Waals surface area contributed by atoms with E-state index in [1.807, 2.05) is 19.0 Å². The molecule has 5 heteroatoms. The Kier molecular flexibility index (Phi) is 3.78. The van der Waals surface area contributed by atoms with Gasteiger partial charge in [-0.2, -0.15) is 0 Å². The van der Waals surface area contributed by atoms with Crippen LogP contribution in [0.4, 0.5) is 5.82 Å². The predicted octanol–water partition coefficient (Wildman–Crippen LogP) is 0.520. The molecule has 0 aromatic carbocycles. The normalized spacial score (nSPS) is 20.2. The van der Waals surface area contributed by atoms with E-state index in [1.165, 1.54) is 18.9 Å². The van der Waals surface area contributed by atoms with Gasteiger partial charge in [0.2, 0.25) is 0 Å². The molecule has 1 aliphatic rings. The maximum Gasteiger partial charge on any atom is 0.252 e. The molecule has 0 amide bonds. The summed E-state index contributed by atoms with van der Waals surface area (Å²) < 4.78 is 0. The first-order chi connectivity index (χ1) is 8.15. The van der Waals surface area contributed by atoms with Gasteiger partial charge in [0.15, 0.2) is 0 Å². The third-order valence-electron chi connectivity index (χ3n) is 3.09. The minimum Gasteiger partial charge on any atom is -0.363 e. The van der Waals surface area contributed by atoms with Crippen LogP contribution >= 0.6 is 0 Å². The second kappa shape index (κ2) is 5.31. The first kappa shape index (κ1) is 12.1. The van der Waals surface area contributed by atoms with Gasteiger partial charge in [-0.1, -0.05) is 6.42 Å². The highest BCUT2D eigenvalue weighted by molar-refractivity contribution is 5.34. The number of aromatic amines is 1. The average molecular weight is 236 g/mol. The van der Waals surface area contributed by atoms with Crippen molar-refractivity contribution in [1.82, 2.24) is 15.3 Å². The van der Waals surface area contributed by atoms with Gasteiger partial charge in [-0.3, -0.25) is 4.79 Å². The molecule has 1 saturated heterocycles. The number of piperidine rings is 1. The van der Waals surface area contributed by atoms with Crippen LogP contribution in [0.2, 0.25) is 0 Å². The highest BCUT2D eigenvalue weighted by atomic mass is 16.1. The molecule has 2 N–H and O–H groups in total. The summed E-state index contributed by atoms with van der Waals surface area (Å²) in [7, 11) is 3.79. The van der Waals surface area contributed by atoms with E-state index >= 15 is 0 Å². The van der Waals surface area contributed by atoms with Crippen LogP contribution in [0.15, 0.2) is 10.9 Å². The van der Waals surface area contributed by atoms with Gasteiger partial charge in [-0.25, -0.2) is 4.98 Å². The Morgan fingerprint density at radius 2 is 2.29 bits per heavy atom. The highest BCUT2D eigenvalue weighted by Crippen LogP contribution is 2.11. The van der Waals surface area contributed by atoms with Crippen molar-refractivity contribution in [3.63, 3.8) is 0 Å². The van der Waals surface area contributed by atoms with Crippen molar-refractivity contribution in [2.45, 2.75) is 31.7 Å². The quantitative estimate of drug-likeness (QED) is 0.803. The fourth-order valence-corrected chi connectivity index (χ4v) is 2.15. The smallest absolute Gasteiger partial charge is 0.252 e. The van der Waals surface area contributed by atoms with Crippen LogP contribution < -0.4 is 15.8 Å². The third kappa shape index (κ3) is 3.30. The number of nitrogens with zero attached hydrogens (tertiary/aromatic N) is 2. The molecule has 0 aliphatic carbocycles. The van der Waals surface area contributed by atoms with Crippen molar-refractivity contribution in [3.05, 3.63) is 22.2 Å². The molecule has 2 rings (SSSR count). The maximum absolute atomic E-state index is 11.5. The van der Waals surface area contributed by atoms with Crippen molar-refractivity contribution < 1.29 is 0 Å². The molecule has 2 heterocycles. The minimum atomic E-state index is -0.0745. The van der Waals surface area contributed by atoms with Crippen LogP contribution in [0.5, 0.6) is 0 Å². The topological polar surface area (TPSA) is 61.0 Å². The largest absolute Gasteiger partial charge is 0.363 e. The molecule has 1 aromatic heterocycles. The maximum atomic E-state index is 11.5. The molecular formula is C12H20N4O. The lowest BCUT2D eigenvalue weighted by molar-refractivity contribution is 0.394. The summed E-state index contributed by atoms with van der Waals surface area (Å²) in [6.07, 6.45) is 4.47. The third-order valence-corrected chi connectivity index (χ3v) is 3.09. The van der Waals surface area contributed by atoms with E-state index in [-0.39, 0.29) is 5.56 Å². The van der Waals surface area contributed by atoms with E-state index < -0.39 is 0 Å². The summed E-state index contributed by atoms with van der Waals surface area (Å²) in [5, 5.41) is 3.46. The van der Waals surface area contributed by atoms with Gasteiger partial charge in [0.05, 0.1) is 0 Å². The van der Waals surface area contributed by atoms with Crippen molar-refractivity contribution in [2.24, 2.45) is 0 Å². The summed E-state index contributed by atoms with van der Waals surface area (Å²) in [6.45, 7) is 1.07. The lowest BCUT2D eigenvalue weighted by Gasteiger charge is -2.23. The van der Waals surface area contributed by atoms with Gasteiger partial charge in [-0.05, 0) is 19.4 Å². The standard InChI is InChI=1S/C12H20N4O/c1-16(2)11-8-12(17)15-10(14-11)7-9-5-3-4-6-13-9/h8-9,13H,3-7H2,1-2H3,(H,14,15,17). The van der Waals surface area contributed by atoms with Gasteiger partial charge in [0, 0.05) is 32.6 Å². The fraction of sp³-hybridized carbons (Fsp3) is 0.667. The molecule has 1 unspecified atom stereocenters. The summed E-state index contributed by atoms with van der Waals surface area (Å²) in [4.78, 5) is 20.6. The fourth-order valence-electron chi connectivity index (χ4n) is 2.15. The van der Waals surface area contributed by atoms with Crippen LogP contribution in [0.3, 0.4) is 0 Å². The van der Waals surface area contributed by atoms with E-state index in [0.29, 0.717) is 6.04 Å². The zero-order valence-electron chi connectivity index (χ0n) is 10.5. The molecule has 0 spiro atoms. The van der Waals surface area contributed by atoms with Crippen molar-refractivity contribution >= 4 is 5.82 Å². The van der Waals surface area contributed by atoms with Gasteiger partial charge in [0.1, 0.15) is 11.6 Å². The second-order valence-electron chi connectivity index (χ2n) is 4.80. The molecule has 0 saturated carbocycles. The Morgan fingerprint density at radius 1 is 1.47 bits per heavy atom. The Morgan fingerprint density at radius 3 is 2.94 bits per heavy atom. The molecule has 1 aliphatic heterocycles. The summed E-state index contributed by atoms with van der Waals surface area (Å²) >= 11 is 0. The Bertz CT molecular complexity index is 421. The Balaban J connectivity index is 2.11. The molecule has 1 atom stereocenters. The molecular weight excluding hydrogens is 216 g/mol. The number of H-pyrrole nitrogens is 1. The van der Waals surface area contributed by atoms with Gasteiger partial charge < -0.3 is 15.2 Å². The van der Waals surface area contributed by atoms with E-state index in [0.717, 1.165) is 31.0 Å². The second-order valence-corrected chi connectivity index (χ2v) is 4.80. The first-order valence-corrected chi connectivity index (χ1v) is 6.16. The van der Waals surface area contributed by atoms with E-state index in [4.69, 9.17) is 0 Å². The lowest BCUT2D eigenvalue weighted by Crippen LogP contribution is -2.36. The number of hydrogen-bond donors (Lipinski definition) is 2. The Labute approximate surface area is 101 Å². The number of aromatic nitrogens is 2. The summed E-state index contributed by atoms with van der Waals surface area (Å²) in [5.74, 6) is 1.50. The SMILES string of the molecule is CN(C)c1cc(=O)[nH]c(CC2CCCCN2)n1. The molecule has 17 heavy (non-hydrogen) atoms.